The van der Waals surface area contributed by atoms with Crippen molar-refractivity contribution in [1.29, 1.82) is 0 Å². The molecule has 0 amide bonds. The van der Waals surface area contributed by atoms with Gasteiger partial charge in [0.05, 0.1) is 0 Å². The van der Waals surface area contributed by atoms with E-state index in [0.29, 0.717) is 0 Å². The van der Waals surface area contributed by atoms with Crippen LogP contribution >= 0.6 is 0 Å². The summed E-state index contributed by atoms with van der Waals surface area (Å²) in [6.07, 6.45) is 4.95. The second-order valence-electron chi connectivity index (χ2n) is 3.90. The Morgan fingerprint density at radius 2 is 2.36 bits per heavy atom. The Bertz CT molecular complexity index is 319. The highest BCUT2D eigenvalue weighted by atomic mass is 19.1. The standard InChI is InChI=1S/C11H15FN2/c1-8-6-9(11(12)14-7-8)10-4-2-3-5-13-10/h6-7,10,13H,2-5H2,1H3. The maximum atomic E-state index is 13.4. The van der Waals surface area contributed by atoms with Crippen LogP contribution in [0.1, 0.15) is 36.4 Å². The molecule has 0 saturated carbocycles. The molecule has 1 fully saturated rings. The van der Waals surface area contributed by atoms with Crippen LogP contribution in [0.2, 0.25) is 0 Å². The van der Waals surface area contributed by atoms with Crippen molar-refractivity contribution in [3.05, 3.63) is 29.3 Å². The van der Waals surface area contributed by atoms with Gasteiger partial charge in [0.1, 0.15) is 0 Å². The van der Waals surface area contributed by atoms with Crippen molar-refractivity contribution in [2.45, 2.75) is 32.2 Å². The zero-order valence-corrected chi connectivity index (χ0v) is 8.39. The van der Waals surface area contributed by atoms with Gasteiger partial charge in [-0.3, -0.25) is 0 Å². The summed E-state index contributed by atoms with van der Waals surface area (Å²) in [7, 11) is 0. The monoisotopic (exact) mass is 194 g/mol. The van der Waals surface area contributed by atoms with E-state index in [1.807, 2.05) is 13.0 Å². The lowest BCUT2D eigenvalue weighted by Crippen LogP contribution is -2.27. The van der Waals surface area contributed by atoms with Gasteiger partial charge < -0.3 is 5.32 Å². The Morgan fingerprint density at radius 3 is 3.07 bits per heavy atom. The van der Waals surface area contributed by atoms with Crippen LogP contribution < -0.4 is 5.32 Å². The molecule has 1 aliphatic heterocycles. The molecular formula is C11H15FN2. The molecule has 0 aromatic carbocycles. The minimum Gasteiger partial charge on any atom is -0.310 e. The fourth-order valence-corrected chi connectivity index (χ4v) is 1.94. The van der Waals surface area contributed by atoms with Gasteiger partial charge in [-0.2, -0.15) is 4.39 Å². The van der Waals surface area contributed by atoms with Crippen LogP contribution in [0.15, 0.2) is 12.3 Å². The van der Waals surface area contributed by atoms with Gasteiger partial charge in [-0.05, 0) is 37.9 Å². The number of aryl methyl sites for hydroxylation is 1. The molecule has 3 heteroatoms. The van der Waals surface area contributed by atoms with E-state index >= 15 is 0 Å². The summed E-state index contributed by atoms with van der Waals surface area (Å²) >= 11 is 0. The van der Waals surface area contributed by atoms with Crippen molar-refractivity contribution in [2.24, 2.45) is 0 Å². The Balaban J connectivity index is 2.24. The maximum absolute atomic E-state index is 13.4. The third-order valence-electron chi connectivity index (χ3n) is 2.69. The number of piperidine rings is 1. The molecule has 76 valence electrons. The topological polar surface area (TPSA) is 24.9 Å². The molecule has 0 spiro atoms. The number of hydrogen-bond donors (Lipinski definition) is 1. The number of nitrogens with one attached hydrogen (secondary N) is 1. The molecule has 1 unspecified atom stereocenters. The Morgan fingerprint density at radius 1 is 1.50 bits per heavy atom. The zero-order chi connectivity index (χ0) is 9.97. The summed E-state index contributed by atoms with van der Waals surface area (Å²) in [5.41, 5.74) is 1.75. The lowest BCUT2D eigenvalue weighted by atomic mass is 9.98. The van der Waals surface area contributed by atoms with Crippen LogP contribution in [0.4, 0.5) is 4.39 Å². The first kappa shape index (κ1) is 9.59. The van der Waals surface area contributed by atoms with E-state index in [2.05, 4.69) is 10.3 Å². The van der Waals surface area contributed by atoms with E-state index in [1.165, 1.54) is 12.8 Å². The lowest BCUT2D eigenvalue weighted by Gasteiger charge is -2.23. The van der Waals surface area contributed by atoms with Crippen molar-refractivity contribution in [1.82, 2.24) is 10.3 Å². The summed E-state index contributed by atoms with van der Waals surface area (Å²) in [6.45, 7) is 2.93. The largest absolute Gasteiger partial charge is 0.310 e. The fourth-order valence-electron chi connectivity index (χ4n) is 1.94. The van der Waals surface area contributed by atoms with Crippen molar-refractivity contribution in [3.63, 3.8) is 0 Å². The molecule has 0 radical (unpaired) electrons. The smallest absolute Gasteiger partial charge is 0.217 e. The van der Waals surface area contributed by atoms with Gasteiger partial charge in [0, 0.05) is 17.8 Å². The molecule has 1 aromatic heterocycles. The zero-order valence-electron chi connectivity index (χ0n) is 8.39. The fraction of sp³-hybridized carbons (Fsp3) is 0.545. The SMILES string of the molecule is Cc1cnc(F)c(C2CCCCN2)c1. The average molecular weight is 194 g/mol. The molecule has 1 aliphatic rings. The second-order valence-corrected chi connectivity index (χ2v) is 3.90. The number of rotatable bonds is 1. The van der Waals surface area contributed by atoms with Crippen molar-refractivity contribution in [3.8, 4) is 0 Å². The molecule has 0 bridgehead atoms. The number of aromatic nitrogens is 1. The maximum Gasteiger partial charge on any atom is 0.217 e. The molecule has 1 aromatic rings. The average Bonchev–Trinajstić information content (AvgIpc) is 2.23. The Hall–Kier alpha value is -0.960. The Labute approximate surface area is 83.6 Å². The first-order valence-corrected chi connectivity index (χ1v) is 5.13. The Kier molecular flexibility index (Phi) is 2.77. The second kappa shape index (κ2) is 4.05. The third-order valence-corrected chi connectivity index (χ3v) is 2.69. The predicted molar refractivity (Wildman–Crippen MR) is 53.5 cm³/mol. The van der Waals surface area contributed by atoms with Crippen LogP contribution in [-0.2, 0) is 0 Å². The molecule has 2 heterocycles. The molecule has 2 rings (SSSR count). The minimum atomic E-state index is -0.324. The molecule has 2 nitrogen and oxygen atoms in total. The summed E-state index contributed by atoms with van der Waals surface area (Å²) in [5, 5.41) is 3.32. The molecule has 1 N–H and O–H groups in total. The lowest BCUT2D eigenvalue weighted by molar-refractivity contribution is 0.395. The predicted octanol–water partition coefficient (Wildman–Crippen LogP) is 2.34. The number of pyridine rings is 1. The van der Waals surface area contributed by atoms with E-state index in [4.69, 9.17) is 0 Å². The van der Waals surface area contributed by atoms with Crippen LogP contribution in [-0.4, -0.2) is 11.5 Å². The molecule has 1 atom stereocenters. The molecule has 1 saturated heterocycles. The van der Waals surface area contributed by atoms with Crippen LogP contribution in [0, 0.1) is 12.9 Å². The van der Waals surface area contributed by atoms with Crippen molar-refractivity contribution in [2.75, 3.05) is 6.54 Å². The summed E-state index contributed by atoms with van der Waals surface area (Å²) < 4.78 is 13.4. The minimum absolute atomic E-state index is 0.163. The number of hydrogen-bond acceptors (Lipinski definition) is 2. The van der Waals surface area contributed by atoms with Gasteiger partial charge >= 0.3 is 0 Å². The summed E-state index contributed by atoms with van der Waals surface area (Å²) in [5.74, 6) is -0.324. The number of halogens is 1. The highest BCUT2D eigenvalue weighted by molar-refractivity contribution is 5.21. The van der Waals surface area contributed by atoms with Crippen LogP contribution in [0.3, 0.4) is 0 Å². The van der Waals surface area contributed by atoms with Crippen LogP contribution in [0.5, 0.6) is 0 Å². The summed E-state index contributed by atoms with van der Waals surface area (Å²) in [4.78, 5) is 3.75. The van der Waals surface area contributed by atoms with E-state index in [-0.39, 0.29) is 12.0 Å². The van der Waals surface area contributed by atoms with E-state index < -0.39 is 0 Å². The highest BCUT2D eigenvalue weighted by Crippen LogP contribution is 2.24. The third kappa shape index (κ3) is 1.93. The van der Waals surface area contributed by atoms with Gasteiger partial charge in [-0.1, -0.05) is 6.42 Å². The first-order valence-electron chi connectivity index (χ1n) is 5.13. The van der Waals surface area contributed by atoms with Gasteiger partial charge in [-0.25, -0.2) is 4.98 Å². The van der Waals surface area contributed by atoms with Crippen molar-refractivity contribution < 1.29 is 4.39 Å². The van der Waals surface area contributed by atoms with Crippen molar-refractivity contribution >= 4 is 0 Å². The van der Waals surface area contributed by atoms with E-state index in [0.717, 1.165) is 24.1 Å². The van der Waals surface area contributed by atoms with Gasteiger partial charge in [0.25, 0.3) is 0 Å². The molecule has 0 aliphatic carbocycles. The number of nitrogens with zero attached hydrogens (tertiary/aromatic N) is 1. The van der Waals surface area contributed by atoms with Crippen LogP contribution in [0.25, 0.3) is 0 Å². The van der Waals surface area contributed by atoms with Gasteiger partial charge in [0.15, 0.2) is 0 Å². The molecular weight excluding hydrogens is 179 g/mol. The highest BCUT2D eigenvalue weighted by Gasteiger charge is 2.18. The van der Waals surface area contributed by atoms with E-state index in [9.17, 15) is 4.39 Å². The van der Waals surface area contributed by atoms with Gasteiger partial charge in [0.2, 0.25) is 5.95 Å². The van der Waals surface area contributed by atoms with Gasteiger partial charge in [-0.15, -0.1) is 0 Å². The van der Waals surface area contributed by atoms with E-state index in [1.54, 1.807) is 6.20 Å². The first-order chi connectivity index (χ1) is 6.77. The quantitative estimate of drug-likeness (QED) is 0.694. The summed E-state index contributed by atoms with van der Waals surface area (Å²) in [6, 6.07) is 2.06. The normalized spacial score (nSPS) is 22.3. The molecule has 14 heavy (non-hydrogen) atoms.